The lowest BCUT2D eigenvalue weighted by Crippen LogP contribution is -2.45. The first-order valence-corrected chi connectivity index (χ1v) is 10.8. The van der Waals surface area contributed by atoms with Crippen LogP contribution in [0.4, 0.5) is 5.69 Å². The molecule has 0 aromatic heterocycles. The van der Waals surface area contributed by atoms with Crippen LogP contribution >= 0.6 is 0 Å². The van der Waals surface area contributed by atoms with Crippen LogP contribution in [0, 0.1) is 5.92 Å². The Bertz CT molecular complexity index is 825. The highest BCUT2D eigenvalue weighted by Crippen LogP contribution is 2.33. The van der Waals surface area contributed by atoms with E-state index in [2.05, 4.69) is 16.9 Å². The first kappa shape index (κ1) is 22.1. The zero-order valence-electron chi connectivity index (χ0n) is 16.3. The quantitative estimate of drug-likeness (QED) is 0.402. The molecule has 1 aromatic carbocycles. The number of rotatable bonds is 6. The molecular weight excluding hydrogens is 380 g/mol. The van der Waals surface area contributed by atoms with Gasteiger partial charge in [-0.05, 0) is 50.7 Å². The van der Waals surface area contributed by atoms with Crippen LogP contribution in [0.25, 0.3) is 0 Å². The summed E-state index contributed by atoms with van der Waals surface area (Å²) in [4.78, 5) is 7.70. The molecule has 0 aliphatic heterocycles. The molecule has 0 radical (unpaired) electrons. The van der Waals surface area contributed by atoms with E-state index in [1.165, 1.54) is 16.4 Å². The predicted molar refractivity (Wildman–Crippen MR) is 111 cm³/mol. The highest BCUT2D eigenvalue weighted by atomic mass is 32.2. The monoisotopic (exact) mass is 410 g/mol. The highest BCUT2D eigenvalue weighted by molar-refractivity contribution is 7.89. The number of nitrogens with zero attached hydrogens (tertiary/aromatic N) is 3. The number of aliphatic hydroxyl groups is 1. The van der Waals surface area contributed by atoms with E-state index in [1.54, 1.807) is 19.1 Å². The Kier molecular flexibility index (Phi) is 7.39. The Morgan fingerprint density at radius 1 is 1.21 bits per heavy atom. The van der Waals surface area contributed by atoms with Gasteiger partial charge in [0.15, 0.2) is 5.96 Å². The topological polar surface area (TPSA) is 160 Å². The van der Waals surface area contributed by atoms with Gasteiger partial charge in [-0.3, -0.25) is 0 Å². The fourth-order valence-electron chi connectivity index (χ4n) is 3.41. The van der Waals surface area contributed by atoms with Gasteiger partial charge in [0.05, 0.1) is 11.8 Å². The van der Waals surface area contributed by atoms with Crippen LogP contribution in [0.3, 0.4) is 0 Å². The Morgan fingerprint density at radius 2 is 1.82 bits per heavy atom. The van der Waals surface area contributed by atoms with E-state index in [0.717, 1.165) is 25.7 Å². The molecule has 7 N–H and O–H groups in total. The number of aliphatic imine (C=N–C) groups is 2. The lowest BCUT2D eigenvalue weighted by molar-refractivity contribution is 0.130. The lowest BCUT2D eigenvalue weighted by atomic mass is 9.87. The van der Waals surface area contributed by atoms with Gasteiger partial charge in [-0.25, -0.2) is 13.4 Å². The second-order valence-corrected chi connectivity index (χ2v) is 9.17. The van der Waals surface area contributed by atoms with Crippen molar-refractivity contribution in [1.29, 1.82) is 0 Å². The molecule has 9 nitrogen and oxygen atoms in total. The zero-order valence-corrected chi connectivity index (χ0v) is 17.1. The van der Waals surface area contributed by atoms with Crippen molar-refractivity contribution >= 4 is 27.6 Å². The highest BCUT2D eigenvalue weighted by Gasteiger charge is 2.35. The summed E-state index contributed by atoms with van der Waals surface area (Å²) in [5.41, 5.74) is 16.4. The van der Waals surface area contributed by atoms with E-state index in [0.29, 0.717) is 5.92 Å². The van der Waals surface area contributed by atoms with E-state index in [9.17, 15) is 13.5 Å². The van der Waals surface area contributed by atoms with Crippen molar-refractivity contribution in [1.82, 2.24) is 4.31 Å². The molecule has 1 aliphatic rings. The molecule has 156 valence electrons. The number of hydrogen-bond acceptors (Lipinski definition) is 4. The van der Waals surface area contributed by atoms with Crippen molar-refractivity contribution in [2.75, 3.05) is 6.54 Å². The maximum atomic E-state index is 13.5. The van der Waals surface area contributed by atoms with Gasteiger partial charge in [0.2, 0.25) is 16.0 Å². The Labute approximate surface area is 166 Å². The molecule has 0 bridgehead atoms. The minimum Gasteiger partial charge on any atom is -0.392 e. The second kappa shape index (κ2) is 9.35. The molecule has 0 heterocycles. The lowest BCUT2D eigenvalue weighted by Gasteiger charge is -2.36. The largest absolute Gasteiger partial charge is 0.392 e. The first-order valence-electron chi connectivity index (χ1n) is 9.34. The van der Waals surface area contributed by atoms with E-state index < -0.39 is 16.1 Å². The smallest absolute Gasteiger partial charge is 0.245 e. The zero-order chi connectivity index (χ0) is 20.9. The van der Waals surface area contributed by atoms with Gasteiger partial charge >= 0.3 is 0 Å². The summed E-state index contributed by atoms with van der Waals surface area (Å²) in [6, 6.07) is 6.11. The summed E-state index contributed by atoms with van der Waals surface area (Å²) in [7, 11) is -3.92. The van der Waals surface area contributed by atoms with Crippen molar-refractivity contribution in [3.63, 3.8) is 0 Å². The van der Waals surface area contributed by atoms with Gasteiger partial charge in [-0.2, -0.15) is 9.30 Å². The molecule has 1 saturated carbocycles. The maximum Gasteiger partial charge on any atom is 0.245 e. The SMILES string of the molecule is CC(O)CN(C1CCC(C)CC1)S(=O)(=O)c1ccccc1N=C(N)N=C(N)N. The molecule has 1 unspecified atom stereocenters. The Balaban J connectivity index is 2.46. The van der Waals surface area contributed by atoms with Gasteiger partial charge in [0.1, 0.15) is 4.90 Å². The number of hydrogen-bond donors (Lipinski definition) is 4. The van der Waals surface area contributed by atoms with Crippen LogP contribution in [0.2, 0.25) is 0 Å². The molecule has 1 atom stereocenters. The van der Waals surface area contributed by atoms with Crippen molar-refractivity contribution in [3.8, 4) is 0 Å². The van der Waals surface area contributed by atoms with Crippen molar-refractivity contribution in [2.24, 2.45) is 33.1 Å². The third kappa shape index (κ3) is 5.66. The van der Waals surface area contributed by atoms with Gasteiger partial charge in [-0.15, -0.1) is 0 Å². The number of aliphatic hydroxyl groups excluding tert-OH is 1. The number of para-hydroxylation sites is 1. The summed E-state index contributed by atoms with van der Waals surface area (Å²) in [6.07, 6.45) is 2.63. The molecule has 0 amide bonds. The first-order chi connectivity index (χ1) is 13.1. The molecule has 28 heavy (non-hydrogen) atoms. The minimum absolute atomic E-state index is 0.00279. The summed E-state index contributed by atoms with van der Waals surface area (Å²) in [5.74, 6) is 0.0634. The van der Waals surface area contributed by atoms with E-state index in [1.807, 2.05) is 0 Å². The third-order valence-electron chi connectivity index (χ3n) is 4.77. The van der Waals surface area contributed by atoms with Crippen LogP contribution in [0.1, 0.15) is 39.5 Å². The van der Waals surface area contributed by atoms with Crippen LogP contribution in [-0.4, -0.2) is 48.4 Å². The average molecular weight is 411 g/mol. The fraction of sp³-hybridized carbons (Fsp3) is 0.556. The van der Waals surface area contributed by atoms with Crippen molar-refractivity contribution in [2.45, 2.75) is 56.6 Å². The van der Waals surface area contributed by atoms with Gasteiger partial charge in [0, 0.05) is 12.6 Å². The van der Waals surface area contributed by atoms with E-state index in [-0.39, 0.29) is 35.1 Å². The number of nitrogens with two attached hydrogens (primary N) is 3. The molecule has 1 aliphatic carbocycles. The molecule has 0 saturated heterocycles. The summed E-state index contributed by atoms with van der Waals surface area (Å²) in [6.45, 7) is 3.76. The Hall–Kier alpha value is -2.17. The predicted octanol–water partition coefficient (Wildman–Crippen LogP) is 0.856. The molecule has 0 spiro atoms. The Morgan fingerprint density at radius 3 is 2.39 bits per heavy atom. The number of sulfonamides is 1. The molecule has 1 aromatic rings. The van der Waals surface area contributed by atoms with Crippen LogP contribution in [0.5, 0.6) is 0 Å². The third-order valence-corrected chi connectivity index (χ3v) is 6.73. The van der Waals surface area contributed by atoms with E-state index in [4.69, 9.17) is 17.2 Å². The van der Waals surface area contributed by atoms with Gasteiger partial charge in [0.25, 0.3) is 0 Å². The minimum atomic E-state index is -3.92. The summed E-state index contributed by atoms with van der Waals surface area (Å²) in [5, 5.41) is 9.93. The number of guanidine groups is 2. The van der Waals surface area contributed by atoms with Crippen LogP contribution < -0.4 is 17.2 Å². The van der Waals surface area contributed by atoms with Gasteiger partial charge < -0.3 is 22.3 Å². The maximum absolute atomic E-state index is 13.5. The van der Waals surface area contributed by atoms with Gasteiger partial charge in [-0.1, -0.05) is 19.1 Å². The molecular formula is C18H30N6O3S. The van der Waals surface area contributed by atoms with Crippen LogP contribution in [0.15, 0.2) is 39.1 Å². The molecule has 1 fully saturated rings. The standard InChI is InChI=1S/C18H30N6O3S/c1-12-7-9-14(10-8-12)24(11-13(2)25)28(26,27)16-6-4-3-5-15(16)22-18(21)23-17(19)20/h3-6,12-14,25H,7-11H2,1-2H3,(H6,19,20,21,22,23). The summed E-state index contributed by atoms with van der Waals surface area (Å²) >= 11 is 0. The normalized spacial score (nSPS) is 22.1. The van der Waals surface area contributed by atoms with Crippen LogP contribution in [-0.2, 0) is 10.0 Å². The second-order valence-electron chi connectivity index (χ2n) is 7.31. The summed E-state index contributed by atoms with van der Waals surface area (Å²) < 4.78 is 28.4. The number of benzene rings is 1. The van der Waals surface area contributed by atoms with E-state index >= 15 is 0 Å². The average Bonchev–Trinajstić information content (AvgIpc) is 2.60. The molecule has 2 rings (SSSR count). The van der Waals surface area contributed by atoms with Crippen molar-refractivity contribution in [3.05, 3.63) is 24.3 Å². The van der Waals surface area contributed by atoms with Crippen molar-refractivity contribution < 1.29 is 13.5 Å². The fourth-order valence-corrected chi connectivity index (χ4v) is 5.31. The molecule has 10 heteroatoms.